The number of fused-ring (bicyclic) bond motifs is 1. The lowest BCUT2D eigenvalue weighted by atomic mass is 10.1. The molecule has 1 aliphatic heterocycles. The molecule has 0 radical (unpaired) electrons. The molecular weight excluding hydrogens is 174 g/mol. The minimum atomic E-state index is 0.544. The Bertz CT molecular complexity index is 440. The molecule has 3 nitrogen and oxygen atoms in total. The summed E-state index contributed by atoms with van der Waals surface area (Å²) >= 11 is 0. The van der Waals surface area contributed by atoms with Gasteiger partial charge in [-0.2, -0.15) is 0 Å². The van der Waals surface area contributed by atoms with E-state index in [0.29, 0.717) is 6.04 Å². The number of hydrogen-bond donors (Lipinski definition) is 2. The Labute approximate surface area is 82.5 Å². The van der Waals surface area contributed by atoms with Gasteiger partial charge in [0.25, 0.3) is 0 Å². The molecule has 2 aromatic rings. The molecule has 3 heteroatoms. The molecule has 0 saturated carbocycles. The second-order valence-electron chi connectivity index (χ2n) is 3.83. The van der Waals surface area contributed by atoms with Crippen molar-refractivity contribution in [3.63, 3.8) is 0 Å². The third-order valence-electron chi connectivity index (χ3n) is 2.91. The first kappa shape index (κ1) is 8.00. The van der Waals surface area contributed by atoms with Gasteiger partial charge in [0, 0.05) is 6.04 Å². The Kier molecular flexibility index (Phi) is 1.77. The molecule has 72 valence electrons. The number of imidazole rings is 1. The summed E-state index contributed by atoms with van der Waals surface area (Å²) in [6.45, 7) is 1.14. The van der Waals surface area contributed by atoms with E-state index in [1.807, 2.05) is 0 Å². The average Bonchev–Trinajstić information content (AvgIpc) is 2.88. The lowest BCUT2D eigenvalue weighted by Gasteiger charge is -2.09. The predicted molar refractivity (Wildman–Crippen MR) is 56.1 cm³/mol. The SMILES string of the molecule is c1nc2ccc([C@H]3CCCN3)cc2[nH]1. The zero-order valence-electron chi connectivity index (χ0n) is 7.96. The summed E-state index contributed by atoms with van der Waals surface area (Å²) in [5, 5.41) is 3.50. The summed E-state index contributed by atoms with van der Waals surface area (Å²) in [5.74, 6) is 0. The second kappa shape index (κ2) is 3.10. The minimum Gasteiger partial charge on any atom is -0.345 e. The molecule has 2 heterocycles. The third-order valence-corrected chi connectivity index (χ3v) is 2.91. The fourth-order valence-electron chi connectivity index (χ4n) is 2.14. The summed E-state index contributed by atoms with van der Waals surface area (Å²) in [6.07, 6.45) is 4.28. The summed E-state index contributed by atoms with van der Waals surface area (Å²) in [5.41, 5.74) is 3.56. The van der Waals surface area contributed by atoms with E-state index in [1.54, 1.807) is 6.33 Å². The number of nitrogens with one attached hydrogen (secondary N) is 2. The number of H-pyrrole nitrogens is 1. The number of rotatable bonds is 1. The molecule has 1 aromatic heterocycles. The van der Waals surface area contributed by atoms with Crippen molar-refractivity contribution >= 4 is 11.0 Å². The van der Waals surface area contributed by atoms with E-state index in [-0.39, 0.29) is 0 Å². The summed E-state index contributed by atoms with van der Waals surface area (Å²) in [4.78, 5) is 7.35. The molecule has 3 rings (SSSR count). The summed E-state index contributed by atoms with van der Waals surface area (Å²) < 4.78 is 0. The maximum absolute atomic E-state index is 4.21. The Hall–Kier alpha value is -1.35. The molecule has 0 amide bonds. The van der Waals surface area contributed by atoms with Crippen LogP contribution in [0.3, 0.4) is 0 Å². The van der Waals surface area contributed by atoms with Crippen molar-refractivity contribution in [1.29, 1.82) is 0 Å². The topological polar surface area (TPSA) is 40.7 Å². The van der Waals surface area contributed by atoms with Gasteiger partial charge in [-0.05, 0) is 37.1 Å². The van der Waals surface area contributed by atoms with Gasteiger partial charge in [0.2, 0.25) is 0 Å². The zero-order valence-corrected chi connectivity index (χ0v) is 7.96. The van der Waals surface area contributed by atoms with E-state index < -0.39 is 0 Å². The molecule has 2 N–H and O–H groups in total. The van der Waals surface area contributed by atoms with E-state index in [4.69, 9.17) is 0 Å². The zero-order chi connectivity index (χ0) is 9.38. The average molecular weight is 187 g/mol. The molecule has 1 aliphatic rings. The van der Waals surface area contributed by atoms with Crippen LogP contribution in [0.2, 0.25) is 0 Å². The van der Waals surface area contributed by atoms with Crippen molar-refractivity contribution in [2.75, 3.05) is 6.54 Å². The molecule has 0 unspecified atom stereocenters. The third kappa shape index (κ3) is 1.21. The second-order valence-corrected chi connectivity index (χ2v) is 3.83. The molecule has 1 fully saturated rings. The van der Waals surface area contributed by atoms with Crippen molar-refractivity contribution in [3.05, 3.63) is 30.1 Å². The first-order chi connectivity index (χ1) is 6.93. The van der Waals surface area contributed by atoms with Crippen LogP contribution in [0.4, 0.5) is 0 Å². The highest BCUT2D eigenvalue weighted by Crippen LogP contribution is 2.24. The molecule has 14 heavy (non-hydrogen) atoms. The van der Waals surface area contributed by atoms with Crippen molar-refractivity contribution in [2.24, 2.45) is 0 Å². The quantitative estimate of drug-likeness (QED) is 0.716. The van der Waals surface area contributed by atoms with Gasteiger partial charge in [0.15, 0.2) is 0 Å². The molecule has 1 aromatic carbocycles. The minimum absolute atomic E-state index is 0.544. The van der Waals surface area contributed by atoms with Gasteiger partial charge in [-0.1, -0.05) is 6.07 Å². The highest BCUT2D eigenvalue weighted by Gasteiger charge is 2.16. The first-order valence-corrected chi connectivity index (χ1v) is 5.10. The van der Waals surface area contributed by atoms with Gasteiger partial charge in [-0.25, -0.2) is 4.98 Å². The maximum Gasteiger partial charge on any atom is 0.0931 e. The van der Waals surface area contributed by atoms with Gasteiger partial charge in [-0.15, -0.1) is 0 Å². The van der Waals surface area contributed by atoms with Crippen LogP contribution in [-0.4, -0.2) is 16.5 Å². The molecule has 0 bridgehead atoms. The van der Waals surface area contributed by atoms with E-state index in [0.717, 1.165) is 17.6 Å². The molecular formula is C11H13N3. The molecule has 1 saturated heterocycles. The monoisotopic (exact) mass is 187 g/mol. The lowest BCUT2D eigenvalue weighted by Crippen LogP contribution is -2.12. The van der Waals surface area contributed by atoms with Gasteiger partial charge in [0.1, 0.15) is 0 Å². The first-order valence-electron chi connectivity index (χ1n) is 5.10. The smallest absolute Gasteiger partial charge is 0.0931 e. The number of benzene rings is 1. The van der Waals surface area contributed by atoms with Crippen molar-refractivity contribution in [2.45, 2.75) is 18.9 Å². The van der Waals surface area contributed by atoms with Crippen LogP contribution in [0.15, 0.2) is 24.5 Å². The Morgan fingerprint density at radius 2 is 2.36 bits per heavy atom. The van der Waals surface area contributed by atoms with Crippen LogP contribution in [0, 0.1) is 0 Å². The maximum atomic E-state index is 4.21. The standard InChI is InChI=1S/C11H13N3/c1-2-9(12-5-1)8-3-4-10-11(6-8)14-7-13-10/h3-4,6-7,9,12H,1-2,5H2,(H,13,14)/t9-/m1/s1. The highest BCUT2D eigenvalue weighted by molar-refractivity contribution is 5.75. The number of aromatic amines is 1. The van der Waals surface area contributed by atoms with E-state index >= 15 is 0 Å². The lowest BCUT2D eigenvalue weighted by molar-refractivity contribution is 0.648. The fraction of sp³-hybridized carbons (Fsp3) is 0.364. The Morgan fingerprint density at radius 1 is 1.36 bits per heavy atom. The van der Waals surface area contributed by atoms with Crippen LogP contribution in [0.25, 0.3) is 11.0 Å². The van der Waals surface area contributed by atoms with Crippen molar-refractivity contribution in [3.8, 4) is 0 Å². The molecule has 1 atom stereocenters. The normalized spacial score (nSPS) is 21.9. The Morgan fingerprint density at radius 3 is 3.21 bits per heavy atom. The molecule has 0 aliphatic carbocycles. The van der Waals surface area contributed by atoms with Gasteiger partial charge >= 0.3 is 0 Å². The summed E-state index contributed by atoms with van der Waals surface area (Å²) in [6, 6.07) is 7.00. The van der Waals surface area contributed by atoms with E-state index in [9.17, 15) is 0 Å². The predicted octanol–water partition coefficient (Wildman–Crippen LogP) is 1.99. The van der Waals surface area contributed by atoms with Gasteiger partial charge < -0.3 is 10.3 Å². The number of hydrogen-bond acceptors (Lipinski definition) is 2. The van der Waals surface area contributed by atoms with Gasteiger partial charge in [-0.3, -0.25) is 0 Å². The fourth-order valence-corrected chi connectivity index (χ4v) is 2.14. The number of aromatic nitrogens is 2. The van der Waals surface area contributed by atoms with Gasteiger partial charge in [0.05, 0.1) is 17.4 Å². The van der Waals surface area contributed by atoms with Crippen LogP contribution in [0.1, 0.15) is 24.4 Å². The van der Waals surface area contributed by atoms with Crippen molar-refractivity contribution in [1.82, 2.24) is 15.3 Å². The van der Waals surface area contributed by atoms with Crippen LogP contribution < -0.4 is 5.32 Å². The highest BCUT2D eigenvalue weighted by atomic mass is 14.9. The molecule has 0 spiro atoms. The van der Waals surface area contributed by atoms with E-state index in [1.165, 1.54) is 18.4 Å². The number of nitrogens with zero attached hydrogens (tertiary/aromatic N) is 1. The van der Waals surface area contributed by atoms with Crippen LogP contribution in [-0.2, 0) is 0 Å². The van der Waals surface area contributed by atoms with E-state index in [2.05, 4.69) is 33.5 Å². The summed E-state index contributed by atoms with van der Waals surface area (Å²) in [7, 11) is 0. The largest absolute Gasteiger partial charge is 0.345 e. The van der Waals surface area contributed by atoms with Crippen LogP contribution in [0.5, 0.6) is 0 Å². The Balaban J connectivity index is 2.04. The van der Waals surface area contributed by atoms with Crippen molar-refractivity contribution < 1.29 is 0 Å². The van der Waals surface area contributed by atoms with Crippen LogP contribution >= 0.6 is 0 Å².